The number of aromatic nitrogens is 1. The summed E-state index contributed by atoms with van der Waals surface area (Å²) in [7, 11) is 0. The van der Waals surface area contributed by atoms with Crippen molar-refractivity contribution in [2.45, 2.75) is 20.8 Å². The molecule has 0 aliphatic rings. The van der Waals surface area contributed by atoms with Crippen molar-refractivity contribution in [3.8, 4) is 0 Å². The Morgan fingerprint density at radius 2 is 2.16 bits per heavy atom. The maximum Gasteiger partial charge on any atom is 0.270 e. The van der Waals surface area contributed by atoms with E-state index in [-0.39, 0.29) is 5.91 Å². The minimum atomic E-state index is -0.149. The van der Waals surface area contributed by atoms with E-state index in [4.69, 9.17) is 5.73 Å². The van der Waals surface area contributed by atoms with Crippen molar-refractivity contribution in [1.82, 2.24) is 10.3 Å². The molecule has 0 bridgehead atoms. The zero-order valence-electron chi connectivity index (χ0n) is 11.5. The zero-order valence-corrected chi connectivity index (χ0v) is 11.5. The minimum absolute atomic E-state index is 0.149. The van der Waals surface area contributed by atoms with Crippen molar-refractivity contribution in [2.75, 3.05) is 12.3 Å². The zero-order chi connectivity index (χ0) is 14.0. The normalized spacial score (nSPS) is 10.9. The molecule has 4 heteroatoms. The maximum absolute atomic E-state index is 12.2. The van der Waals surface area contributed by atoms with Gasteiger partial charge in [0.15, 0.2) is 0 Å². The number of pyridine rings is 1. The summed E-state index contributed by atoms with van der Waals surface area (Å²) in [5, 5.41) is 4.60. The fourth-order valence-corrected chi connectivity index (χ4v) is 2.06. The Hall–Kier alpha value is -2.10. The van der Waals surface area contributed by atoms with Crippen LogP contribution in [0.15, 0.2) is 24.4 Å². The van der Waals surface area contributed by atoms with E-state index in [0.29, 0.717) is 23.8 Å². The summed E-state index contributed by atoms with van der Waals surface area (Å²) < 4.78 is 0. The summed E-state index contributed by atoms with van der Waals surface area (Å²) in [6.45, 7) is 6.69. The van der Waals surface area contributed by atoms with Crippen molar-refractivity contribution in [3.63, 3.8) is 0 Å². The van der Waals surface area contributed by atoms with Crippen LogP contribution in [-0.4, -0.2) is 17.4 Å². The molecule has 0 saturated heterocycles. The van der Waals surface area contributed by atoms with Crippen LogP contribution in [-0.2, 0) is 0 Å². The number of carbonyl (C=O) groups excluding carboxylic acids is 1. The highest BCUT2D eigenvalue weighted by Gasteiger charge is 2.14. The van der Waals surface area contributed by atoms with E-state index in [2.05, 4.69) is 24.1 Å². The number of nitrogen functional groups attached to an aromatic ring is 1. The lowest BCUT2D eigenvalue weighted by atomic mass is 10.0. The van der Waals surface area contributed by atoms with E-state index in [1.54, 1.807) is 6.20 Å². The highest BCUT2D eigenvalue weighted by Crippen LogP contribution is 2.26. The molecule has 0 saturated carbocycles. The molecule has 0 atom stereocenters. The number of carbonyl (C=O) groups is 1. The number of aryl methyl sites for hydroxylation is 1. The van der Waals surface area contributed by atoms with Gasteiger partial charge in [-0.1, -0.05) is 26.0 Å². The molecular weight excluding hydrogens is 238 g/mol. The van der Waals surface area contributed by atoms with Gasteiger partial charge in [0.25, 0.3) is 5.91 Å². The smallest absolute Gasteiger partial charge is 0.270 e. The largest absolute Gasteiger partial charge is 0.398 e. The number of nitrogens with two attached hydrogens (primary N) is 1. The number of benzene rings is 1. The molecule has 1 aromatic heterocycles. The first-order valence-electron chi connectivity index (χ1n) is 6.42. The Morgan fingerprint density at radius 3 is 2.84 bits per heavy atom. The Bertz CT molecular complexity index is 612. The van der Waals surface area contributed by atoms with E-state index < -0.39 is 0 Å². The van der Waals surface area contributed by atoms with Gasteiger partial charge >= 0.3 is 0 Å². The topological polar surface area (TPSA) is 68.0 Å². The highest BCUT2D eigenvalue weighted by atomic mass is 16.1. The van der Waals surface area contributed by atoms with Gasteiger partial charge in [0.1, 0.15) is 5.69 Å². The fraction of sp³-hybridized carbons (Fsp3) is 0.333. The first kappa shape index (κ1) is 13.3. The van der Waals surface area contributed by atoms with Crippen molar-refractivity contribution in [1.29, 1.82) is 0 Å². The molecule has 0 unspecified atom stereocenters. The summed E-state index contributed by atoms with van der Waals surface area (Å²) in [6, 6.07) is 5.57. The first-order valence-corrected chi connectivity index (χ1v) is 6.42. The van der Waals surface area contributed by atoms with Crippen LogP contribution in [0.3, 0.4) is 0 Å². The number of hydrogen-bond acceptors (Lipinski definition) is 3. The predicted octanol–water partition coefficient (Wildman–Crippen LogP) is 2.51. The number of nitrogens with zero attached hydrogens (tertiary/aromatic N) is 1. The van der Waals surface area contributed by atoms with Crippen molar-refractivity contribution >= 4 is 22.4 Å². The second-order valence-electron chi connectivity index (χ2n) is 5.16. The molecule has 1 amide bonds. The number of hydrogen-bond donors (Lipinski definition) is 2. The van der Waals surface area contributed by atoms with Gasteiger partial charge in [-0.2, -0.15) is 0 Å². The predicted molar refractivity (Wildman–Crippen MR) is 78.1 cm³/mol. The molecule has 19 heavy (non-hydrogen) atoms. The molecule has 0 aliphatic heterocycles. The standard InChI is InChI=1S/C15H19N3O/c1-9(2)7-18-15(19)14-11-5-4-6-12(16)13(11)10(3)8-17-14/h4-6,8-9H,7,16H2,1-3H3,(H,18,19). The van der Waals surface area contributed by atoms with Gasteiger partial charge in [-0.05, 0) is 24.5 Å². The number of anilines is 1. The van der Waals surface area contributed by atoms with Gasteiger partial charge in [0, 0.05) is 29.2 Å². The fourth-order valence-electron chi connectivity index (χ4n) is 2.06. The molecular formula is C15H19N3O. The molecule has 1 aromatic carbocycles. The van der Waals surface area contributed by atoms with Crippen molar-refractivity contribution < 1.29 is 4.79 Å². The Balaban J connectivity index is 2.47. The second-order valence-corrected chi connectivity index (χ2v) is 5.16. The van der Waals surface area contributed by atoms with Crippen LogP contribution in [0, 0.1) is 12.8 Å². The van der Waals surface area contributed by atoms with Crippen LogP contribution in [0.5, 0.6) is 0 Å². The minimum Gasteiger partial charge on any atom is -0.398 e. The van der Waals surface area contributed by atoms with Gasteiger partial charge in [-0.25, -0.2) is 0 Å². The number of nitrogens with one attached hydrogen (secondary N) is 1. The molecule has 0 aliphatic carbocycles. The van der Waals surface area contributed by atoms with Crippen molar-refractivity contribution in [2.24, 2.45) is 5.92 Å². The van der Waals surface area contributed by atoms with Crippen LogP contribution in [0.2, 0.25) is 0 Å². The third-order valence-electron chi connectivity index (χ3n) is 3.02. The summed E-state index contributed by atoms with van der Waals surface area (Å²) in [6.07, 6.45) is 1.70. The van der Waals surface area contributed by atoms with Crippen LogP contribution < -0.4 is 11.1 Å². The third-order valence-corrected chi connectivity index (χ3v) is 3.02. The molecule has 4 nitrogen and oxygen atoms in total. The summed E-state index contributed by atoms with van der Waals surface area (Å²) >= 11 is 0. The lowest BCUT2D eigenvalue weighted by Crippen LogP contribution is -2.28. The lowest BCUT2D eigenvalue weighted by molar-refractivity contribution is 0.0946. The molecule has 1 heterocycles. The number of amides is 1. The molecule has 100 valence electrons. The first-order chi connectivity index (χ1) is 9.00. The van der Waals surface area contributed by atoms with Gasteiger partial charge in [-0.15, -0.1) is 0 Å². The monoisotopic (exact) mass is 257 g/mol. The quantitative estimate of drug-likeness (QED) is 0.830. The number of rotatable bonds is 3. The molecule has 0 fully saturated rings. The van der Waals surface area contributed by atoms with Gasteiger partial charge in [-0.3, -0.25) is 9.78 Å². The summed E-state index contributed by atoms with van der Waals surface area (Å²) in [5.41, 5.74) is 8.08. The molecule has 0 spiro atoms. The van der Waals surface area contributed by atoms with E-state index >= 15 is 0 Å². The van der Waals surface area contributed by atoms with Crippen LogP contribution in [0.25, 0.3) is 10.8 Å². The van der Waals surface area contributed by atoms with E-state index in [1.807, 2.05) is 25.1 Å². The van der Waals surface area contributed by atoms with E-state index in [9.17, 15) is 4.79 Å². The molecule has 3 N–H and O–H groups in total. The van der Waals surface area contributed by atoms with Crippen LogP contribution in [0.1, 0.15) is 29.9 Å². The van der Waals surface area contributed by atoms with Gasteiger partial charge < -0.3 is 11.1 Å². The average molecular weight is 257 g/mol. The highest BCUT2D eigenvalue weighted by molar-refractivity contribution is 6.08. The van der Waals surface area contributed by atoms with Crippen LogP contribution >= 0.6 is 0 Å². The van der Waals surface area contributed by atoms with Crippen LogP contribution in [0.4, 0.5) is 5.69 Å². The lowest BCUT2D eigenvalue weighted by Gasteiger charge is -2.11. The molecule has 2 rings (SSSR count). The maximum atomic E-state index is 12.2. The number of fused-ring (bicyclic) bond motifs is 1. The summed E-state index contributed by atoms with van der Waals surface area (Å²) in [4.78, 5) is 16.4. The Kier molecular flexibility index (Phi) is 3.69. The van der Waals surface area contributed by atoms with Crippen molar-refractivity contribution in [3.05, 3.63) is 35.7 Å². The Labute approximate surface area is 113 Å². The van der Waals surface area contributed by atoms with Gasteiger partial charge in [0.05, 0.1) is 0 Å². The molecule has 0 radical (unpaired) electrons. The average Bonchev–Trinajstić information content (AvgIpc) is 2.36. The van der Waals surface area contributed by atoms with Gasteiger partial charge in [0.2, 0.25) is 0 Å². The SMILES string of the molecule is Cc1cnc(C(=O)NCC(C)C)c2cccc(N)c12. The molecule has 2 aromatic rings. The third kappa shape index (κ3) is 2.67. The Morgan fingerprint density at radius 1 is 1.42 bits per heavy atom. The van der Waals surface area contributed by atoms with E-state index in [1.165, 1.54) is 0 Å². The summed E-state index contributed by atoms with van der Waals surface area (Å²) in [5.74, 6) is 0.259. The van der Waals surface area contributed by atoms with E-state index in [0.717, 1.165) is 16.3 Å². The second kappa shape index (κ2) is 5.26.